The van der Waals surface area contributed by atoms with Crippen LogP contribution >= 0.6 is 27.5 Å². The molecule has 3 fully saturated rings. The Hall–Kier alpha value is -1.53. The third-order valence-electron chi connectivity index (χ3n) is 8.75. The minimum absolute atomic E-state index is 0.0715. The van der Waals surface area contributed by atoms with Crippen molar-refractivity contribution in [1.82, 2.24) is 20.2 Å². The lowest BCUT2D eigenvalue weighted by atomic mass is 9.98. The maximum absolute atomic E-state index is 15.1. The van der Waals surface area contributed by atoms with Crippen LogP contribution < -0.4 is 10.1 Å². The smallest absolute Gasteiger partial charge is 0.407 e. The first kappa shape index (κ1) is 28.0. The van der Waals surface area contributed by atoms with Gasteiger partial charge in [0.1, 0.15) is 5.52 Å². The Morgan fingerprint density at radius 2 is 2.03 bits per heavy atom. The molecule has 2 N–H and O–H groups in total. The normalized spacial score (nSPS) is 26.6. The number of nitrogens with zero attached hydrogens (tertiary/aromatic N) is 3. The Kier molecular flexibility index (Phi) is 7.25. The zero-order valence-corrected chi connectivity index (χ0v) is 25.7. The van der Waals surface area contributed by atoms with Gasteiger partial charge in [-0.3, -0.25) is 4.90 Å². The molecule has 2 saturated heterocycles. The molecule has 3 heterocycles. The molecule has 208 valence electrons. The van der Waals surface area contributed by atoms with E-state index < -0.39 is 32.3 Å². The molecule has 5 rings (SSSR count). The van der Waals surface area contributed by atoms with E-state index in [-0.39, 0.29) is 37.9 Å². The van der Waals surface area contributed by atoms with Crippen LogP contribution in [0.25, 0.3) is 10.9 Å². The minimum Gasteiger partial charge on any atom is -0.465 e. The van der Waals surface area contributed by atoms with Gasteiger partial charge in [0.25, 0.3) is 0 Å². The number of amides is 1. The summed E-state index contributed by atoms with van der Waals surface area (Å²) in [5, 5.41) is 14.1. The van der Waals surface area contributed by atoms with Crippen LogP contribution in [-0.4, -0.2) is 71.1 Å². The molecule has 1 aromatic heterocycles. The van der Waals surface area contributed by atoms with Crippen molar-refractivity contribution in [2.45, 2.75) is 81.1 Å². The van der Waals surface area contributed by atoms with E-state index in [1.165, 1.54) is 11.0 Å². The molecule has 2 bridgehead atoms. The van der Waals surface area contributed by atoms with Crippen LogP contribution in [0.4, 0.5) is 9.18 Å². The van der Waals surface area contributed by atoms with Crippen molar-refractivity contribution in [3.05, 3.63) is 28.7 Å². The Balaban J connectivity index is 1.45. The second kappa shape index (κ2) is 9.83. The van der Waals surface area contributed by atoms with Crippen molar-refractivity contribution in [3.8, 4) is 6.01 Å². The van der Waals surface area contributed by atoms with E-state index in [1.54, 1.807) is 6.07 Å². The first-order valence-electron chi connectivity index (χ1n) is 13.0. The molecule has 1 aliphatic carbocycles. The van der Waals surface area contributed by atoms with Gasteiger partial charge in [-0.15, -0.1) is 0 Å². The van der Waals surface area contributed by atoms with Crippen molar-refractivity contribution in [3.63, 3.8) is 0 Å². The number of rotatable bonds is 7. The first-order valence-corrected chi connectivity index (χ1v) is 17.2. The summed E-state index contributed by atoms with van der Waals surface area (Å²) in [7, 11) is -1.91. The number of carbonyl (C=O) groups is 1. The number of alkyl halides is 1. The predicted octanol–water partition coefficient (Wildman–Crippen LogP) is 6.13. The number of halogens is 3. The molecule has 1 aromatic carbocycles. The predicted molar refractivity (Wildman–Crippen MR) is 150 cm³/mol. The lowest BCUT2D eigenvalue weighted by molar-refractivity contribution is 0.0913. The number of ether oxygens (including phenoxy) is 1. The number of fused-ring (bicyclic) bond motifs is 3. The summed E-state index contributed by atoms with van der Waals surface area (Å²) in [5.74, 6) is -0.575. The number of benzene rings is 1. The molecule has 2 aliphatic heterocycles. The van der Waals surface area contributed by atoms with E-state index in [4.69, 9.17) is 25.7 Å². The largest absolute Gasteiger partial charge is 0.465 e. The SMILES string of the molecule is CC(C)(C)[Si](C)(C)OCC1(COc2nc(C3NCC4CC(Br)C3N4C(=O)O)c3cc(Cl)cc(F)c3n2)CC1. The van der Waals surface area contributed by atoms with Crippen LogP contribution in [0, 0.1) is 11.2 Å². The summed E-state index contributed by atoms with van der Waals surface area (Å²) in [6.07, 6.45) is 1.67. The van der Waals surface area contributed by atoms with Crippen LogP contribution in [-0.2, 0) is 4.43 Å². The molecule has 8 nitrogen and oxygen atoms in total. The summed E-state index contributed by atoms with van der Waals surface area (Å²) in [5.41, 5.74) is 0.483. The molecular weight excluding hydrogens is 595 g/mol. The van der Waals surface area contributed by atoms with Crippen molar-refractivity contribution < 1.29 is 23.5 Å². The van der Waals surface area contributed by atoms with Gasteiger partial charge in [0, 0.05) is 39.8 Å². The van der Waals surface area contributed by atoms with Crippen LogP contribution in [0.5, 0.6) is 6.01 Å². The lowest BCUT2D eigenvalue weighted by Crippen LogP contribution is -2.56. The van der Waals surface area contributed by atoms with E-state index in [9.17, 15) is 9.90 Å². The quantitative estimate of drug-likeness (QED) is 0.281. The molecule has 1 saturated carbocycles. The monoisotopic (exact) mass is 628 g/mol. The van der Waals surface area contributed by atoms with E-state index in [0.29, 0.717) is 37.3 Å². The molecule has 1 amide bonds. The fourth-order valence-corrected chi connectivity index (χ4v) is 7.44. The number of nitrogens with one attached hydrogen (secondary N) is 1. The van der Waals surface area contributed by atoms with Gasteiger partial charge in [-0.1, -0.05) is 48.3 Å². The zero-order valence-electron chi connectivity index (χ0n) is 22.4. The Labute approximate surface area is 236 Å². The number of hydrogen-bond acceptors (Lipinski definition) is 6. The van der Waals surface area contributed by atoms with Crippen LogP contribution in [0.2, 0.25) is 23.2 Å². The fourth-order valence-electron chi connectivity index (χ4n) is 5.14. The highest BCUT2D eigenvalue weighted by atomic mass is 79.9. The molecule has 3 aliphatic rings. The molecule has 4 unspecified atom stereocenters. The van der Waals surface area contributed by atoms with Crippen molar-refractivity contribution >= 4 is 52.8 Å². The second-order valence-corrected chi connectivity index (χ2v) is 18.9. The topological polar surface area (TPSA) is 96.8 Å². The molecule has 4 atom stereocenters. The maximum Gasteiger partial charge on any atom is 0.407 e. The third-order valence-corrected chi connectivity index (χ3v) is 14.4. The summed E-state index contributed by atoms with van der Waals surface area (Å²) in [6, 6.07) is 1.87. The van der Waals surface area contributed by atoms with E-state index in [0.717, 1.165) is 12.8 Å². The van der Waals surface area contributed by atoms with Gasteiger partial charge in [0.2, 0.25) is 0 Å². The molecule has 38 heavy (non-hydrogen) atoms. The molecular formula is C26H35BrClFN4O4Si. The summed E-state index contributed by atoms with van der Waals surface area (Å²) >= 11 is 9.91. The molecule has 2 aromatic rings. The summed E-state index contributed by atoms with van der Waals surface area (Å²) in [4.78, 5) is 22.7. The fraction of sp³-hybridized carbons (Fsp3) is 0.654. The number of aromatic nitrogens is 2. The zero-order chi connectivity index (χ0) is 27.6. The number of hydrogen-bond donors (Lipinski definition) is 2. The van der Waals surface area contributed by atoms with Gasteiger partial charge in [0.05, 0.1) is 24.4 Å². The number of carboxylic acid groups (broad SMARTS) is 1. The highest BCUT2D eigenvalue weighted by Gasteiger charge is 2.51. The highest BCUT2D eigenvalue weighted by Crippen LogP contribution is 2.48. The van der Waals surface area contributed by atoms with Gasteiger partial charge < -0.3 is 19.6 Å². The highest BCUT2D eigenvalue weighted by molar-refractivity contribution is 9.09. The van der Waals surface area contributed by atoms with Gasteiger partial charge in [-0.25, -0.2) is 9.18 Å². The Morgan fingerprint density at radius 1 is 1.32 bits per heavy atom. The summed E-state index contributed by atoms with van der Waals surface area (Å²) < 4.78 is 27.7. The third kappa shape index (κ3) is 5.16. The first-order chi connectivity index (χ1) is 17.7. The van der Waals surface area contributed by atoms with Gasteiger partial charge >= 0.3 is 12.1 Å². The van der Waals surface area contributed by atoms with Gasteiger partial charge in [0.15, 0.2) is 14.1 Å². The minimum atomic E-state index is -1.91. The second-order valence-electron chi connectivity index (χ2n) is 12.5. The van der Waals surface area contributed by atoms with Crippen LogP contribution in [0.3, 0.4) is 0 Å². The lowest BCUT2D eigenvalue weighted by Gasteiger charge is -2.39. The van der Waals surface area contributed by atoms with E-state index in [2.05, 4.69) is 60.1 Å². The summed E-state index contributed by atoms with van der Waals surface area (Å²) in [6.45, 7) is 12.6. The maximum atomic E-state index is 15.1. The van der Waals surface area contributed by atoms with E-state index >= 15 is 4.39 Å². The Morgan fingerprint density at radius 3 is 2.66 bits per heavy atom. The van der Waals surface area contributed by atoms with Gasteiger partial charge in [-0.2, -0.15) is 9.97 Å². The Bertz CT molecular complexity index is 1260. The van der Waals surface area contributed by atoms with Gasteiger partial charge in [-0.05, 0) is 49.5 Å². The molecule has 12 heteroatoms. The van der Waals surface area contributed by atoms with Crippen molar-refractivity contribution in [2.24, 2.45) is 5.41 Å². The van der Waals surface area contributed by atoms with Crippen molar-refractivity contribution in [2.75, 3.05) is 19.8 Å². The standard InChI is InChI=1S/C26H35BrClFN4O4Si/c1-25(2,3)38(4,5)37-13-26(6-7-26)12-36-23-31-19-16(8-14(28)9-18(19)29)20(32-23)21-22-17(27)10-15(11-30-21)33(22)24(34)35/h8-9,15,17,21-22,30H,6-7,10-13H2,1-5H3,(H,34,35). The molecule has 0 radical (unpaired) electrons. The van der Waals surface area contributed by atoms with E-state index in [1.807, 2.05) is 0 Å². The van der Waals surface area contributed by atoms with Crippen molar-refractivity contribution in [1.29, 1.82) is 0 Å². The average Bonchev–Trinajstić information content (AvgIpc) is 3.55. The van der Waals surface area contributed by atoms with Crippen LogP contribution in [0.15, 0.2) is 12.1 Å². The molecule has 0 spiro atoms. The van der Waals surface area contributed by atoms with Crippen LogP contribution in [0.1, 0.15) is 51.8 Å². The average molecular weight is 630 g/mol. The number of piperazine rings is 1.